The number of ether oxygens (including phenoxy) is 4. The number of hydrogen-bond acceptors (Lipinski definition) is 8. The number of allylic oxidation sites excluding steroid dienone is 1. The van der Waals surface area contributed by atoms with Gasteiger partial charge in [0.15, 0.2) is 11.9 Å². The first kappa shape index (κ1) is 33.4. The molecule has 0 radical (unpaired) electrons. The topological polar surface area (TPSA) is 105 Å². The van der Waals surface area contributed by atoms with Gasteiger partial charge in [-0.05, 0) is 71.6 Å². The van der Waals surface area contributed by atoms with Gasteiger partial charge in [0.25, 0.3) is 0 Å². The minimum atomic E-state index is -1.50. The van der Waals surface area contributed by atoms with E-state index in [-0.39, 0.29) is 46.6 Å². The molecule has 0 aliphatic heterocycles. The molecule has 1 aromatic rings. The third-order valence-corrected chi connectivity index (χ3v) is 7.63. The molecule has 8 nitrogen and oxygen atoms in total. The van der Waals surface area contributed by atoms with Crippen molar-refractivity contribution in [1.82, 2.24) is 0 Å². The van der Waals surface area contributed by atoms with E-state index >= 15 is 0 Å². The zero-order valence-electron chi connectivity index (χ0n) is 23.4. The quantitative estimate of drug-likeness (QED) is 0.107. The summed E-state index contributed by atoms with van der Waals surface area (Å²) in [5, 5.41) is -0.0437. The molecule has 0 saturated carbocycles. The van der Waals surface area contributed by atoms with E-state index in [1.165, 1.54) is 26.0 Å². The maximum absolute atomic E-state index is 13.3. The van der Waals surface area contributed by atoms with Crippen molar-refractivity contribution in [2.24, 2.45) is 5.41 Å². The Balaban J connectivity index is 3.14. The standard InChI is InChI=1S/C28H38Cl2O8/c1-10-16(5)23(31)19-14-15-20(22(30)21(19)29)38-28(9,12-3)26(34)37-18(7)27(8,11-2)25(33)36-17(6)24(32)35-13-4/h14-15,17-18H,5,10-13H2,1-4,6-9H3. The van der Waals surface area contributed by atoms with E-state index in [1.54, 1.807) is 41.5 Å². The molecule has 0 bridgehead atoms. The Hall–Kier alpha value is -2.58. The Morgan fingerprint density at radius 2 is 1.53 bits per heavy atom. The highest BCUT2D eigenvalue weighted by Crippen LogP contribution is 2.39. The van der Waals surface area contributed by atoms with Crippen molar-refractivity contribution in [3.05, 3.63) is 39.9 Å². The fourth-order valence-electron chi connectivity index (χ4n) is 3.25. The van der Waals surface area contributed by atoms with Crippen molar-refractivity contribution in [1.29, 1.82) is 0 Å². The van der Waals surface area contributed by atoms with Crippen LogP contribution in [0.1, 0.15) is 85.0 Å². The lowest BCUT2D eigenvalue weighted by atomic mass is 9.82. The molecule has 0 aromatic heterocycles. The smallest absolute Gasteiger partial charge is 0.350 e. The molecule has 4 atom stereocenters. The summed E-state index contributed by atoms with van der Waals surface area (Å²) < 4.78 is 21.9. The second-order valence-corrected chi connectivity index (χ2v) is 10.1. The molecular formula is C28H38Cl2O8. The van der Waals surface area contributed by atoms with E-state index in [1.807, 2.05) is 0 Å². The van der Waals surface area contributed by atoms with Crippen LogP contribution in [0.4, 0.5) is 0 Å². The molecular weight excluding hydrogens is 535 g/mol. The normalized spacial score (nSPS) is 15.7. The van der Waals surface area contributed by atoms with Crippen molar-refractivity contribution < 1.29 is 38.1 Å². The van der Waals surface area contributed by atoms with E-state index in [4.69, 9.17) is 42.1 Å². The Morgan fingerprint density at radius 1 is 0.921 bits per heavy atom. The monoisotopic (exact) mass is 572 g/mol. The van der Waals surface area contributed by atoms with E-state index in [9.17, 15) is 19.2 Å². The van der Waals surface area contributed by atoms with Gasteiger partial charge in [-0.15, -0.1) is 0 Å². The van der Waals surface area contributed by atoms with Crippen molar-refractivity contribution in [2.75, 3.05) is 6.61 Å². The van der Waals surface area contributed by atoms with Crippen molar-refractivity contribution >= 4 is 46.9 Å². The lowest BCUT2D eigenvalue weighted by Gasteiger charge is -2.35. The highest BCUT2D eigenvalue weighted by molar-refractivity contribution is 6.45. The van der Waals surface area contributed by atoms with Gasteiger partial charge < -0.3 is 18.9 Å². The predicted octanol–water partition coefficient (Wildman–Crippen LogP) is 6.53. The molecule has 0 saturated heterocycles. The number of benzene rings is 1. The summed E-state index contributed by atoms with van der Waals surface area (Å²) in [4.78, 5) is 50.7. The Kier molecular flexibility index (Phi) is 12.3. The maximum Gasteiger partial charge on any atom is 0.350 e. The minimum absolute atomic E-state index is 0.0130. The highest BCUT2D eigenvalue weighted by Gasteiger charge is 2.46. The predicted molar refractivity (Wildman–Crippen MR) is 146 cm³/mol. The second-order valence-electron chi connectivity index (χ2n) is 9.33. The van der Waals surface area contributed by atoms with Gasteiger partial charge >= 0.3 is 17.9 Å². The van der Waals surface area contributed by atoms with E-state index in [2.05, 4.69) is 6.58 Å². The zero-order valence-corrected chi connectivity index (χ0v) is 24.9. The van der Waals surface area contributed by atoms with Crippen LogP contribution in [-0.4, -0.2) is 48.1 Å². The van der Waals surface area contributed by atoms with Crippen LogP contribution in [-0.2, 0) is 28.6 Å². The molecule has 38 heavy (non-hydrogen) atoms. The molecule has 0 N–H and O–H groups in total. The fourth-order valence-corrected chi connectivity index (χ4v) is 3.70. The van der Waals surface area contributed by atoms with Crippen molar-refractivity contribution in [3.8, 4) is 5.75 Å². The second kappa shape index (κ2) is 14.0. The number of esters is 3. The summed E-state index contributed by atoms with van der Waals surface area (Å²) in [5.41, 5.74) is -2.20. The summed E-state index contributed by atoms with van der Waals surface area (Å²) in [5.74, 6) is -2.36. The fraction of sp³-hybridized carbons (Fsp3) is 0.571. The van der Waals surface area contributed by atoms with Crippen LogP contribution in [0.15, 0.2) is 24.3 Å². The molecule has 4 unspecified atom stereocenters. The van der Waals surface area contributed by atoms with Gasteiger partial charge in [-0.2, -0.15) is 0 Å². The number of carbonyl (C=O) groups excluding carboxylic acids is 4. The van der Waals surface area contributed by atoms with Crippen LogP contribution in [0.2, 0.25) is 10.0 Å². The van der Waals surface area contributed by atoms with Crippen LogP contribution < -0.4 is 4.74 Å². The number of Topliss-reactive ketones (excluding diaryl/α,β-unsaturated/α-hetero) is 1. The minimum Gasteiger partial charge on any atom is -0.474 e. The summed E-state index contributed by atoms with van der Waals surface area (Å²) in [6, 6.07) is 2.92. The van der Waals surface area contributed by atoms with Gasteiger partial charge in [-0.1, -0.05) is 50.6 Å². The first-order chi connectivity index (χ1) is 17.6. The Labute approximate surface area is 234 Å². The van der Waals surface area contributed by atoms with Crippen molar-refractivity contribution in [3.63, 3.8) is 0 Å². The largest absolute Gasteiger partial charge is 0.474 e. The van der Waals surface area contributed by atoms with Gasteiger partial charge in [0.1, 0.15) is 22.3 Å². The maximum atomic E-state index is 13.3. The molecule has 0 aliphatic rings. The first-order valence-corrected chi connectivity index (χ1v) is 13.4. The third kappa shape index (κ3) is 7.50. The number of rotatable bonds is 14. The lowest BCUT2D eigenvalue weighted by Crippen LogP contribution is -2.49. The van der Waals surface area contributed by atoms with Crippen LogP contribution in [0.25, 0.3) is 0 Å². The molecule has 0 spiro atoms. The number of carbonyl (C=O) groups is 4. The number of halogens is 2. The van der Waals surface area contributed by atoms with Crippen LogP contribution in [0.3, 0.4) is 0 Å². The zero-order chi connectivity index (χ0) is 29.4. The van der Waals surface area contributed by atoms with Crippen molar-refractivity contribution in [2.45, 2.75) is 92.5 Å². The van der Waals surface area contributed by atoms with E-state index in [0.717, 1.165) is 0 Å². The Morgan fingerprint density at radius 3 is 2.03 bits per heavy atom. The lowest BCUT2D eigenvalue weighted by molar-refractivity contribution is -0.186. The average molecular weight is 574 g/mol. The SMILES string of the molecule is C=C(CC)C(=O)c1ccc(OC(C)(CC)C(=O)OC(C)C(C)(CC)C(=O)OC(C)C(=O)OCC)c(Cl)c1Cl. The molecule has 10 heteroatoms. The van der Waals surface area contributed by atoms with Gasteiger partial charge in [0, 0.05) is 5.56 Å². The first-order valence-electron chi connectivity index (χ1n) is 12.6. The van der Waals surface area contributed by atoms with Crippen LogP contribution in [0, 0.1) is 5.41 Å². The number of ketones is 1. The van der Waals surface area contributed by atoms with Crippen LogP contribution in [0.5, 0.6) is 5.75 Å². The third-order valence-electron chi connectivity index (χ3n) is 6.77. The van der Waals surface area contributed by atoms with Gasteiger partial charge in [0.2, 0.25) is 5.60 Å². The van der Waals surface area contributed by atoms with Gasteiger partial charge in [-0.3, -0.25) is 9.59 Å². The van der Waals surface area contributed by atoms with E-state index < -0.39 is 41.1 Å². The molecule has 0 aliphatic carbocycles. The summed E-state index contributed by atoms with van der Waals surface area (Å²) in [6.07, 6.45) is -1.14. The van der Waals surface area contributed by atoms with Gasteiger partial charge in [0.05, 0.1) is 11.6 Å². The summed E-state index contributed by atoms with van der Waals surface area (Å²) in [6.45, 7) is 16.9. The molecule has 0 fully saturated rings. The molecule has 0 heterocycles. The molecule has 212 valence electrons. The molecule has 1 rings (SSSR count). The Bertz CT molecular complexity index is 1070. The number of hydrogen-bond donors (Lipinski definition) is 0. The van der Waals surface area contributed by atoms with E-state index in [0.29, 0.717) is 12.0 Å². The van der Waals surface area contributed by atoms with Gasteiger partial charge in [-0.25, -0.2) is 9.59 Å². The average Bonchev–Trinajstić information content (AvgIpc) is 2.89. The highest BCUT2D eigenvalue weighted by atomic mass is 35.5. The summed E-state index contributed by atoms with van der Waals surface area (Å²) in [7, 11) is 0. The molecule has 1 aromatic carbocycles. The summed E-state index contributed by atoms with van der Waals surface area (Å²) >= 11 is 12.8. The van der Waals surface area contributed by atoms with Crippen LogP contribution >= 0.6 is 23.2 Å². The molecule has 0 amide bonds.